The smallest absolute Gasteiger partial charge is 0.399 e. The first-order chi connectivity index (χ1) is 8.27. The van der Waals surface area contributed by atoms with E-state index in [4.69, 9.17) is 13.0 Å². The van der Waals surface area contributed by atoms with E-state index in [9.17, 15) is 0 Å². The summed E-state index contributed by atoms with van der Waals surface area (Å²) in [5, 5.41) is 18.0. The summed E-state index contributed by atoms with van der Waals surface area (Å²) >= 11 is -2.20. The molecule has 0 aliphatic heterocycles. The lowest BCUT2D eigenvalue weighted by Crippen LogP contribution is -3.86. The minimum Gasteiger partial charge on any atom is -0.399 e. The summed E-state index contributed by atoms with van der Waals surface area (Å²) in [4.78, 5) is 0. The molecule has 2 aromatic carbocycles. The van der Waals surface area contributed by atoms with Crippen LogP contribution in [0, 0.1) is 7.14 Å². The molecular formula is C12H12BIO3+. The molecule has 0 aromatic heterocycles. The molecule has 2 N–H and O–H groups in total. The van der Waals surface area contributed by atoms with Gasteiger partial charge in [-0.25, -0.2) is 0 Å². The summed E-state index contributed by atoms with van der Waals surface area (Å²) in [6, 6.07) is 19.4. The molecule has 0 spiro atoms. The first-order valence-corrected chi connectivity index (χ1v) is 8.14. The summed E-state index contributed by atoms with van der Waals surface area (Å²) in [5.74, 6) is 0. The van der Waals surface area contributed by atoms with Gasteiger partial charge in [0, 0.05) is 0 Å². The Morgan fingerprint density at radius 3 is 1.53 bits per heavy atom. The Kier molecular flexibility index (Phi) is 4.55. The van der Waals surface area contributed by atoms with E-state index in [2.05, 4.69) is 0 Å². The van der Waals surface area contributed by atoms with Crippen LogP contribution in [0.15, 0.2) is 60.7 Å². The van der Waals surface area contributed by atoms with E-state index in [0.29, 0.717) is 0 Å². The summed E-state index contributed by atoms with van der Waals surface area (Å²) in [6.45, 7) is 0. The third-order valence-electron chi connectivity index (χ3n) is 2.03. The Bertz CT molecular complexity index is 410. The van der Waals surface area contributed by atoms with Crippen LogP contribution in [0.5, 0.6) is 0 Å². The van der Waals surface area contributed by atoms with Crippen molar-refractivity contribution in [2.45, 2.75) is 0 Å². The van der Waals surface area contributed by atoms with E-state index in [1.807, 2.05) is 60.7 Å². The molecule has 3 nitrogen and oxygen atoms in total. The van der Waals surface area contributed by atoms with Crippen molar-refractivity contribution >= 4 is 7.32 Å². The predicted molar refractivity (Wildman–Crippen MR) is 61.6 cm³/mol. The summed E-state index contributed by atoms with van der Waals surface area (Å²) in [6.07, 6.45) is 0. The van der Waals surface area contributed by atoms with Gasteiger partial charge in [-0.2, -0.15) is 2.98 Å². The van der Waals surface area contributed by atoms with Gasteiger partial charge in [0.2, 0.25) is 0 Å². The molecular weight excluding hydrogens is 330 g/mol. The van der Waals surface area contributed by atoms with Crippen molar-refractivity contribution in [2.75, 3.05) is 0 Å². The van der Waals surface area contributed by atoms with Crippen molar-refractivity contribution in [2.24, 2.45) is 0 Å². The number of hydrogen-bond acceptors (Lipinski definition) is 3. The molecule has 0 heterocycles. The van der Waals surface area contributed by atoms with Gasteiger partial charge >= 0.3 is 7.32 Å². The summed E-state index contributed by atoms with van der Waals surface area (Å²) in [7, 11) is -1.72. The molecule has 0 atom stereocenters. The molecule has 2 aromatic rings. The Morgan fingerprint density at radius 2 is 1.18 bits per heavy atom. The third kappa shape index (κ3) is 3.54. The van der Waals surface area contributed by atoms with E-state index in [1.54, 1.807) is 0 Å². The second-order valence-electron chi connectivity index (χ2n) is 3.26. The molecule has 5 heteroatoms. The molecule has 17 heavy (non-hydrogen) atoms. The van der Waals surface area contributed by atoms with E-state index in [1.165, 1.54) is 0 Å². The maximum Gasteiger partial charge on any atom is 0.678 e. The van der Waals surface area contributed by atoms with E-state index < -0.39 is 27.6 Å². The molecule has 0 aliphatic rings. The second kappa shape index (κ2) is 6.16. The van der Waals surface area contributed by atoms with Crippen molar-refractivity contribution in [1.29, 1.82) is 0 Å². The highest BCUT2D eigenvalue weighted by molar-refractivity contribution is 6.32. The Labute approximate surface area is 108 Å². The zero-order chi connectivity index (χ0) is 12.1. The zero-order valence-electron chi connectivity index (χ0n) is 9.03. The second-order valence-corrected chi connectivity index (χ2v) is 7.68. The number of halogens is 1. The monoisotopic (exact) mass is 342 g/mol. The maximum atomic E-state index is 9.02. The summed E-state index contributed by atoms with van der Waals surface area (Å²) in [5.41, 5.74) is 0. The van der Waals surface area contributed by atoms with Crippen LogP contribution in [-0.2, 0) is 2.98 Å². The van der Waals surface area contributed by atoms with Gasteiger partial charge < -0.3 is 10.0 Å². The number of hydrogen-bond donors (Lipinski definition) is 2. The van der Waals surface area contributed by atoms with Gasteiger partial charge in [0.1, 0.15) is 0 Å². The molecule has 0 aliphatic carbocycles. The fourth-order valence-corrected chi connectivity index (χ4v) is 5.26. The molecule has 0 amide bonds. The molecule has 87 valence electrons. The normalized spacial score (nSPS) is 10.5. The Morgan fingerprint density at radius 1 is 0.765 bits per heavy atom. The van der Waals surface area contributed by atoms with Gasteiger partial charge in [-0.1, -0.05) is 36.4 Å². The van der Waals surface area contributed by atoms with Crippen molar-refractivity contribution in [3.63, 3.8) is 0 Å². The van der Waals surface area contributed by atoms with Crippen LogP contribution in [0.2, 0.25) is 0 Å². The van der Waals surface area contributed by atoms with Crippen LogP contribution in [0.1, 0.15) is 0 Å². The quantitative estimate of drug-likeness (QED) is 0.512. The minimum absolute atomic E-state index is 1.04. The van der Waals surface area contributed by atoms with Crippen LogP contribution in [0.4, 0.5) is 0 Å². The summed E-state index contributed by atoms with van der Waals surface area (Å²) < 4.78 is 7.37. The lowest BCUT2D eigenvalue weighted by atomic mass is 10.3. The van der Waals surface area contributed by atoms with Gasteiger partial charge in [-0.3, -0.25) is 0 Å². The highest BCUT2D eigenvalue weighted by Crippen LogP contribution is 1.87. The van der Waals surface area contributed by atoms with E-state index in [0.717, 1.165) is 7.14 Å². The van der Waals surface area contributed by atoms with Gasteiger partial charge in [0.15, 0.2) is 7.14 Å². The minimum atomic E-state index is -2.20. The topological polar surface area (TPSA) is 49.7 Å². The van der Waals surface area contributed by atoms with Gasteiger partial charge in [0.05, 0.1) is 0 Å². The molecule has 0 unspecified atom stereocenters. The molecule has 0 fully saturated rings. The molecule has 0 saturated carbocycles. The Balaban J connectivity index is 2.32. The van der Waals surface area contributed by atoms with Crippen LogP contribution in [-0.4, -0.2) is 17.4 Å². The van der Waals surface area contributed by atoms with Gasteiger partial charge in [-0.05, 0) is 24.3 Å². The number of rotatable bonds is 4. The highest BCUT2D eigenvalue weighted by Gasteiger charge is 2.35. The standard InChI is InChI=1S/C12H12BIO3/c15-13(16)17-14(11-7-3-1-4-8-11)12-9-5-2-6-10-12/h1-10,15-16H/q+1. The first kappa shape index (κ1) is 12.6. The van der Waals surface area contributed by atoms with Crippen LogP contribution >= 0.6 is 0 Å². The lowest BCUT2D eigenvalue weighted by molar-refractivity contribution is -1.04. The predicted octanol–water partition coefficient (Wildman–Crippen LogP) is -1.75. The fraction of sp³-hybridized carbons (Fsp3) is 0. The average molecular weight is 342 g/mol. The van der Waals surface area contributed by atoms with E-state index >= 15 is 0 Å². The van der Waals surface area contributed by atoms with Gasteiger partial charge in [-0.15, -0.1) is 0 Å². The van der Waals surface area contributed by atoms with Crippen molar-refractivity contribution < 1.29 is 33.3 Å². The maximum absolute atomic E-state index is 9.02. The highest BCUT2D eigenvalue weighted by atomic mass is 127. The fourth-order valence-electron chi connectivity index (χ4n) is 1.37. The van der Waals surface area contributed by atoms with Crippen LogP contribution in [0.3, 0.4) is 0 Å². The molecule has 2 rings (SSSR count). The Hall–Kier alpha value is -0.885. The van der Waals surface area contributed by atoms with Crippen molar-refractivity contribution in [1.82, 2.24) is 0 Å². The van der Waals surface area contributed by atoms with Crippen molar-refractivity contribution in [3.05, 3.63) is 67.8 Å². The largest absolute Gasteiger partial charge is 0.678 e. The SMILES string of the molecule is OB(O)O[I+](c1ccccc1)c1ccccc1. The lowest BCUT2D eigenvalue weighted by Gasteiger charge is -2.04. The average Bonchev–Trinajstić information content (AvgIpc) is 2.38. The van der Waals surface area contributed by atoms with Crippen LogP contribution in [0.25, 0.3) is 0 Å². The zero-order valence-corrected chi connectivity index (χ0v) is 11.2. The van der Waals surface area contributed by atoms with Crippen molar-refractivity contribution in [3.8, 4) is 0 Å². The molecule has 0 saturated heterocycles. The third-order valence-corrected chi connectivity index (χ3v) is 6.70. The number of benzene rings is 2. The molecule has 1 radical (unpaired) electrons. The van der Waals surface area contributed by atoms with Gasteiger partial charge in [0.25, 0.3) is 20.2 Å². The molecule has 0 bridgehead atoms. The van der Waals surface area contributed by atoms with E-state index in [-0.39, 0.29) is 0 Å². The van der Waals surface area contributed by atoms with Crippen LogP contribution < -0.4 is 20.2 Å². The first-order valence-electron chi connectivity index (χ1n) is 5.11.